The van der Waals surface area contributed by atoms with E-state index in [4.69, 9.17) is 19.8 Å². The molecular formula is C39H45N5O5. The zero-order chi connectivity index (χ0) is 35.1. The lowest BCUT2D eigenvalue weighted by atomic mass is 9.84. The van der Waals surface area contributed by atoms with Gasteiger partial charge in [0.05, 0.1) is 29.7 Å². The molecule has 3 unspecified atom stereocenters. The number of allylic oxidation sites excluding steroid dienone is 2. The number of nitrogens with one attached hydrogen (secondary N) is 3. The Bertz CT molecular complexity index is 2080. The molecule has 5 heterocycles. The molecule has 10 heteroatoms. The van der Waals surface area contributed by atoms with Gasteiger partial charge in [-0.05, 0) is 86.9 Å². The quantitative estimate of drug-likeness (QED) is 0.104. The van der Waals surface area contributed by atoms with E-state index >= 15 is 0 Å². The number of hydrogen-bond acceptors (Lipinski definition) is 7. The predicted octanol–water partition coefficient (Wildman–Crippen LogP) is 6.92. The van der Waals surface area contributed by atoms with Crippen LogP contribution in [0, 0.1) is 13.8 Å². The second kappa shape index (κ2) is 13.6. The smallest absolute Gasteiger partial charge is 0.321 e. The van der Waals surface area contributed by atoms with Crippen molar-refractivity contribution < 1.29 is 24.2 Å². The van der Waals surface area contributed by atoms with Crippen LogP contribution in [0.25, 0.3) is 39.3 Å². The molecule has 256 valence electrons. The number of unbranched alkanes of at least 4 members (excludes halogenated alkanes) is 1. The van der Waals surface area contributed by atoms with E-state index in [1.807, 2.05) is 32.1 Å². The van der Waals surface area contributed by atoms with E-state index < -0.39 is 11.9 Å². The number of methoxy groups -OCH3 is 1. The van der Waals surface area contributed by atoms with Gasteiger partial charge in [-0.3, -0.25) is 19.4 Å². The van der Waals surface area contributed by atoms with Crippen LogP contribution in [-0.4, -0.2) is 63.0 Å². The number of ether oxygens (including phenoxy) is 1. The van der Waals surface area contributed by atoms with E-state index in [2.05, 4.69) is 48.7 Å². The molecule has 49 heavy (non-hydrogen) atoms. The lowest BCUT2D eigenvalue weighted by Gasteiger charge is -2.19. The van der Waals surface area contributed by atoms with Crippen LogP contribution >= 0.6 is 0 Å². The van der Waals surface area contributed by atoms with Crippen LogP contribution in [0.15, 0.2) is 24.8 Å². The van der Waals surface area contributed by atoms with Crippen molar-refractivity contribution in [2.45, 2.75) is 84.5 Å². The molecule has 3 aliphatic rings. The van der Waals surface area contributed by atoms with Gasteiger partial charge in [0, 0.05) is 70.3 Å². The van der Waals surface area contributed by atoms with Crippen molar-refractivity contribution >= 4 is 56.9 Å². The first-order chi connectivity index (χ1) is 23.5. The van der Waals surface area contributed by atoms with Crippen LogP contribution in [-0.2, 0) is 14.3 Å². The number of H-pyrrole nitrogens is 2. The molecule has 3 atom stereocenters. The van der Waals surface area contributed by atoms with Crippen LogP contribution in [0.4, 0.5) is 0 Å². The fourth-order valence-corrected chi connectivity index (χ4v) is 7.65. The van der Waals surface area contributed by atoms with E-state index in [1.54, 1.807) is 0 Å². The maximum Gasteiger partial charge on any atom is 0.321 e. The number of rotatable bonds is 10. The highest BCUT2D eigenvalue weighted by molar-refractivity contribution is 6.23. The van der Waals surface area contributed by atoms with Crippen molar-refractivity contribution in [2.75, 3.05) is 20.3 Å². The molecule has 1 amide bonds. The Morgan fingerprint density at radius 1 is 1.04 bits per heavy atom. The second-order valence-corrected chi connectivity index (χ2v) is 13.3. The Morgan fingerprint density at radius 2 is 1.78 bits per heavy atom. The molecule has 3 aromatic rings. The number of nitrogens with zero attached hydrogens (tertiary/aromatic N) is 2. The summed E-state index contributed by atoms with van der Waals surface area (Å²) in [7, 11) is 1.29. The number of aromatic nitrogens is 4. The Kier molecular flexibility index (Phi) is 9.44. The van der Waals surface area contributed by atoms with E-state index in [-0.39, 0.29) is 36.6 Å². The van der Waals surface area contributed by atoms with Crippen LogP contribution in [0.3, 0.4) is 0 Å². The molecule has 0 fully saturated rings. The highest BCUT2D eigenvalue weighted by Crippen LogP contribution is 2.48. The number of hydrogen-bond donors (Lipinski definition) is 4. The van der Waals surface area contributed by atoms with E-state index in [0.717, 1.165) is 67.9 Å². The largest absolute Gasteiger partial charge is 0.468 e. The topological polar surface area (TPSA) is 150 Å². The van der Waals surface area contributed by atoms with E-state index in [0.29, 0.717) is 48.1 Å². The molecule has 0 spiro atoms. The standard InChI is InChI=1S/C39H45N5O5/c1-8-23-19(3)26-16-28-21(5)25(12-13-32(46)40-14-10-11-15-45)36(43-28)34-35(39(48)49-7)38(47)33-22(6)29(44-37(33)34)18-31-24(9-2)20(4)27(42-31)17-30(23)41-26/h8,16-18,21,25,35,41,44-45H,1,9-15H2,2-7H3,(H,40,46). The SMILES string of the molecule is C=Cc1c(C)c2cc3nc(c4c5[nH]c(cc6nc(cc1[nH]2)C(C)=C6CC)c(C)c5C(=O)C4C(=O)OC)C(CCC(=O)NCCCCO)C3C. The first-order valence-corrected chi connectivity index (χ1v) is 17.1. The van der Waals surface area contributed by atoms with Gasteiger partial charge in [-0.15, -0.1) is 0 Å². The first-order valence-electron chi connectivity index (χ1n) is 17.1. The molecule has 0 radical (unpaired) electrons. The maximum atomic E-state index is 14.2. The van der Waals surface area contributed by atoms with Gasteiger partial charge < -0.3 is 25.1 Å². The normalized spacial score (nSPS) is 18.3. The van der Waals surface area contributed by atoms with Gasteiger partial charge in [0.15, 0.2) is 5.78 Å². The number of esters is 1. The number of aliphatic hydroxyl groups is 1. The molecule has 4 N–H and O–H groups in total. The minimum Gasteiger partial charge on any atom is -0.468 e. The lowest BCUT2D eigenvalue weighted by Crippen LogP contribution is -2.25. The monoisotopic (exact) mass is 663 g/mol. The summed E-state index contributed by atoms with van der Waals surface area (Å²) in [5, 5.41) is 12.1. The highest BCUT2D eigenvalue weighted by Gasteiger charge is 2.45. The number of carbonyl (C=O) groups excluding carboxylic acids is 3. The minimum atomic E-state index is -1.17. The average Bonchev–Trinajstić information content (AvgIpc) is 3.82. The fraction of sp³-hybridized carbons (Fsp3) is 0.410. The lowest BCUT2D eigenvalue weighted by molar-refractivity contribution is -0.141. The molecule has 2 aliphatic heterocycles. The van der Waals surface area contributed by atoms with Crippen molar-refractivity contribution in [3.05, 3.63) is 75.4 Å². The number of aryl methyl sites for hydroxylation is 2. The third-order valence-electron chi connectivity index (χ3n) is 10.5. The van der Waals surface area contributed by atoms with Gasteiger partial charge in [0.1, 0.15) is 5.92 Å². The Hall–Kier alpha value is -4.83. The molecule has 6 rings (SSSR count). The Labute approximate surface area is 286 Å². The summed E-state index contributed by atoms with van der Waals surface area (Å²) in [5.41, 5.74) is 12.1. The van der Waals surface area contributed by atoms with Gasteiger partial charge in [-0.25, -0.2) is 4.98 Å². The molecule has 3 aromatic heterocycles. The molecule has 10 nitrogen and oxygen atoms in total. The van der Waals surface area contributed by atoms with Crippen molar-refractivity contribution in [3.8, 4) is 0 Å². The van der Waals surface area contributed by atoms with Gasteiger partial charge in [-0.2, -0.15) is 0 Å². The summed E-state index contributed by atoms with van der Waals surface area (Å²) in [5.74, 6) is -2.61. The third-order valence-corrected chi connectivity index (χ3v) is 10.5. The number of ketones is 1. The van der Waals surface area contributed by atoms with Crippen molar-refractivity contribution in [1.82, 2.24) is 25.3 Å². The molecule has 0 saturated carbocycles. The summed E-state index contributed by atoms with van der Waals surface area (Å²) in [4.78, 5) is 57.9. The Morgan fingerprint density at radius 3 is 2.47 bits per heavy atom. The number of carbonyl (C=O) groups is 3. The Balaban J connectivity index is 1.66. The summed E-state index contributed by atoms with van der Waals surface area (Å²) in [6.07, 6.45) is 4.64. The summed E-state index contributed by atoms with van der Waals surface area (Å²) in [6, 6.07) is 6.09. The van der Waals surface area contributed by atoms with E-state index in [1.165, 1.54) is 7.11 Å². The molecule has 1 aliphatic carbocycles. The summed E-state index contributed by atoms with van der Waals surface area (Å²) in [6.45, 7) is 14.9. The second-order valence-electron chi connectivity index (χ2n) is 13.3. The van der Waals surface area contributed by atoms with Crippen LogP contribution in [0.2, 0.25) is 0 Å². The van der Waals surface area contributed by atoms with Gasteiger partial charge in [0.25, 0.3) is 0 Å². The van der Waals surface area contributed by atoms with Crippen LogP contribution < -0.4 is 5.32 Å². The van der Waals surface area contributed by atoms with Crippen molar-refractivity contribution in [3.63, 3.8) is 0 Å². The van der Waals surface area contributed by atoms with Gasteiger partial charge in [-0.1, -0.05) is 26.5 Å². The van der Waals surface area contributed by atoms with Crippen LogP contribution in [0.5, 0.6) is 0 Å². The first kappa shape index (κ1) is 34.0. The maximum absolute atomic E-state index is 14.2. The summed E-state index contributed by atoms with van der Waals surface area (Å²) < 4.78 is 5.21. The molecule has 8 bridgehead atoms. The zero-order valence-electron chi connectivity index (χ0n) is 29.2. The number of fused-ring (bicyclic) bond motifs is 8. The average molecular weight is 664 g/mol. The molecule has 0 aromatic carbocycles. The number of amides is 1. The summed E-state index contributed by atoms with van der Waals surface area (Å²) >= 11 is 0. The fourth-order valence-electron chi connectivity index (χ4n) is 7.65. The zero-order valence-corrected chi connectivity index (χ0v) is 29.2. The number of Topliss-reactive ketones (excluding diaryl/α,β-unsaturated/α-hetero) is 1. The number of aromatic amines is 2. The highest BCUT2D eigenvalue weighted by atomic mass is 16.5. The van der Waals surface area contributed by atoms with Gasteiger partial charge >= 0.3 is 5.97 Å². The van der Waals surface area contributed by atoms with Gasteiger partial charge in [0.2, 0.25) is 5.91 Å². The predicted molar refractivity (Wildman–Crippen MR) is 192 cm³/mol. The third kappa shape index (κ3) is 5.82. The van der Waals surface area contributed by atoms with E-state index in [9.17, 15) is 14.4 Å². The minimum absolute atomic E-state index is 0.0838. The van der Waals surface area contributed by atoms with Crippen molar-refractivity contribution in [2.24, 2.45) is 0 Å². The van der Waals surface area contributed by atoms with Crippen molar-refractivity contribution in [1.29, 1.82) is 0 Å². The number of aliphatic hydroxyl groups excluding tert-OH is 1. The molecular weight excluding hydrogens is 618 g/mol. The molecule has 0 saturated heterocycles. The van der Waals surface area contributed by atoms with Crippen LogP contribution in [0.1, 0.15) is 126 Å².